The van der Waals surface area contributed by atoms with E-state index in [2.05, 4.69) is 27.8 Å². The number of hydrogen-bond donors (Lipinski definition) is 1. The summed E-state index contributed by atoms with van der Waals surface area (Å²) in [6, 6.07) is 5.30. The largest absolute Gasteiger partial charge is 0.330 e. The summed E-state index contributed by atoms with van der Waals surface area (Å²) in [5.41, 5.74) is 6.65. The Labute approximate surface area is 116 Å². The molecule has 100 valence electrons. The zero-order valence-electron chi connectivity index (χ0n) is 10.7. The molecule has 0 amide bonds. The molecular weight excluding hydrogens is 295 g/mol. The number of nitrogens with zero attached hydrogens (tertiary/aromatic N) is 1. The van der Waals surface area contributed by atoms with Gasteiger partial charge in [0, 0.05) is 16.1 Å². The van der Waals surface area contributed by atoms with Gasteiger partial charge < -0.3 is 5.73 Å². The van der Waals surface area contributed by atoms with Gasteiger partial charge in [-0.2, -0.15) is 0 Å². The lowest BCUT2D eigenvalue weighted by molar-refractivity contribution is 0.0991. The first kappa shape index (κ1) is 14.0. The number of rotatable bonds is 3. The topological polar surface area (TPSA) is 29.3 Å². The Morgan fingerprint density at radius 3 is 2.94 bits per heavy atom. The lowest BCUT2D eigenvalue weighted by Crippen LogP contribution is -2.41. The number of hydrogen-bond acceptors (Lipinski definition) is 2. The Morgan fingerprint density at radius 1 is 1.50 bits per heavy atom. The van der Waals surface area contributed by atoms with Crippen molar-refractivity contribution in [2.45, 2.75) is 25.8 Å². The summed E-state index contributed by atoms with van der Waals surface area (Å²) in [5.74, 6) is 0.226. The van der Waals surface area contributed by atoms with Crippen molar-refractivity contribution >= 4 is 15.9 Å². The Balaban J connectivity index is 2.38. The third-order valence-electron chi connectivity index (χ3n) is 3.85. The lowest BCUT2D eigenvalue weighted by atomic mass is 9.84. The molecule has 2 nitrogen and oxygen atoms in total. The van der Waals surface area contributed by atoms with Gasteiger partial charge in [-0.1, -0.05) is 22.9 Å². The van der Waals surface area contributed by atoms with Gasteiger partial charge in [0.05, 0.1) is 0 Å². The first-order valence-electron chi connectivity index (χ1n) is 6.56. The number of nitrogens with two attached hydrogens (primary N) is 1. The molecule has 18 heavy (non-hydrogen) atoms. The molecule has 1 aromatic carbocycles. The van der Waals surface area contributed by atoms with E-state index in [0.29, 0.717) is 12.5 Å². The molecule has 0 radical (unpaired) electrons. The molecule has 2 unspecified atom stereocenters. The number of piperidine rings is 1. The zero-order valence-corrected chi connectivity index (χ0v) is 12.3. The standard InChI is InChI=1S/C14H20BrFN2/c1-2-18-7-3-4-10(9-17)14(18)12-8-11(15)5-6-13(12)16/h5-6,8,10,14H,2-4,7,9,17H2,1H3. The maximum Gasteiger partial charge on any atom is 0.128 e. The van der Waals surface area contributed by atoms with Gasteiger partial charge in [0.2, 0.25) is 0 Å². The van der Waals surface area contributed by atoms with E-state index in [9.17, 15) is 4.39 Å². The molecule has 1 fully saturated rings. The molecular formula is C14H20BrFN2. The third kappa shape index (κ3) is 2.76. The maximum atomic E-state index is 14.1. The van der Waals surface area contributed by atoms with E-state index in [1.54, 1.807) is 6.07 Å². The normalized spacial score (nSPS) is 25.3. The van der Waals surface area contributed by atoms with Crippen LogP contribution in [-0.2, 0) is 0 Å². The molecule has 1 aliphatic rings. The number of benzene rings is 1. The molecule has 1 saturated heterocycles. The Morgan fingerprint density at radius 2 is 2.28 bits per heavy atom. The monoisotopic (exact) mass is 314 g/mol. The van der Waals surface area contributed by atoms with Crippen LogP contribution in [0.2, 0.25) is 0 Å². The highest BCUT2D eigenvalue weighted by atomic mass is 79.9. The molecule has 1 aliphatic heterocycles. The predicted molar refractivity (Wildman–Crippen MR) is 75.9 cm³/mol. The van der Waals surface area contributed by atoms with Gasteiger partial charge in [0.15, 0.2) is 0 Å². The Bertz CT molecular complexity index is 399. The predicted octanol–water partition coefficient (Wildman–Crippen LogP) is 3.32. The molecule has 1 aromatic rings. The Kier molecular flexibility index (Phi) is 4.76. The average molecular weight is 315 g/mol. The van der Waals surface area contributed by atoms with Gasteiger partial charge in [0.1, 0.15) is 5.82 Å². The number of halogens is 2. The van der Waals surface area contributed by atoms with Crippen molar-refractivity contribution in [1.82, 2.24) is 4.90 Å². The molecule has 0 saturated carbocycles. The summed E-state index contributed by atoms with van der Waals surface area (Å²) >= 11 is 3.43. The van der Waals surface area contributed by atoms with Gasteiger partial charge in [-0.15, -0.1) is 0 Å². The smallest absolute Gasteiger partial charge is 0.128 e. The van der Waals surface area contributed by atoms with E-state index < -0.39 is 0 Å². The van der Waals surface area contributed by atoms with E-state index in [0.717, 1.165) is 36.0 Å². The third-order valence-corrected chi connectivity index (χ3v) is 4.34. The number of likely N-dealkylation sites (tertiary alicyclic amines) is 1. The fraction of sp³-hybridized carbons (Fsp3) is 0.571. The highest BCUT2D eigenvalue weighted by Gasteiger charge is 2.32. The van der Waals surface area contributed by atoms with Crippen LogP contribution in [0.3, 0.4) is 0 Å². The van der Waals surface area contributed by atoms with Crippen LogP contribution in [0, 0.1) is 11.7 Å². The van der Waals surface area contributed by atoms with Crippen LogP contribution in [0.1, 0.15) is 31.4 Å². The SMILES string of the molecule is CCN1CCCC(CN)C1c1cc(Br)ccc1F. The van der Waals surface area contributed by atoms with Crippen molar-refractivity contribution in [1.29, 1.82) is 0 Å². The molecule has 2 N–H and O–H groups in total. The molecule has 0 aromatic heterocycles. The molecule has 0 bridgehead atoms. The van der Waals surface area contributed by atoms with E-state index in [-0.39, 0.29) is 11.9 Å². The van der Waals surface area contributed by atoms with Crippen molar-refractivity contribution in [2.24, 2.45) is 11.7 Å². The second kappa shape index (κ2) is 6.13. The summed E-state index contributed by atoms with van der Waals surface area (Å²) in [6.07, 6.45) is 2.24. The van der Waals surface area contributed by atoms with Crippen LogP contribution >= 0.6 is 15.9 Å². The van der Waals surface area contributed by atoms with Crippen molar-refractivity contribution in [3.8, 4) is 0 Å². The summed E-state index contributed by atoms with van der Waals surface area (Å²) in [5, 5.41) is 0. The van der Waals surface area contributed by atoms with E-state index >= 15 is 0 Å². The highest BCUT2D eigenvalue weighted by molar-refractivity contribution is 9.10. The molecule has 0 spiro atoms. The summed E-state index contributed by atoms with van der Waals surface area (Å²) in [6.45, 7) is 4.71. The average Bonchev–Trinajstić information content (AvgIpc) is 2.40. The molecule has 2 atom stereocenters. The van der Waals surface area contributed by atoms with Crippen LogP contribution in [0.5, 0.6) is 0 Å². The fourth-order valence-corrected chi connectivity index (χ4v) is 3.32. The van der Waals surface area contributed by atoms with E-state index in [4.69, 9.17) is 5.73 Å². The highest BCUT2D eigenvalue weighted by Crippen LogP contribution is 2.37. The lowest BCUT2D eigenvalue weighted by Gasteiger charge is -2.41. The Hall–Kier alpha value is -0.450. The van der Waals surface area contributed by atoms with E-state index in [1.165, 1.54) is 6.07 Å². The molecule has 0 aliphatic carbocycles. The van der Waals surface area contributed by atoms with Gasteiger partial charge in [-0.05, 0) is 56.6 Å². The van der Waals surface area contributed by atoms with Gasteiger partial charge in [-0.25, -0.2) is 4.39 Å². The van der Waals surface area contributed by atoms with Crippen molar-refractivity contribution in [2.75, 3.05) is 19.6 Å². The van der Waals surface area contributed by atoms with Crippen LogP contribution in [0.25, 0.3) is 0 Å². The fourth-order valence-electron chi connectivity index (χ4n) is 2.95. The van der Waals surface area contributed by atoms with Crippen molar-refractivity contribution in [3.63, 3.8) is 0 Å². The van der Waals surface area contributed by atoms with Gasteiger partial charge in [0.25, 0.3) is 0 Å². The molecule has 1 heterocycles. The maximum absolute atomic E-state index is 14.1. The van der Waals surface area contributed by atoms with Crippen molar-refractivity contribution in [3.05, 3.63) is 34.1 Å². The van der Waals surface area contributed by atoms with E-state index in [1.807, 2.05) is 6.07 Å². The van der Waals surface area contributed by atoms with Crippen molar-refractivity contribution < 1.29 is 4.39 Å². The first-order valence-corrected chi connectivity index (χ1v) is 7.35. The minimum Gasteiger partial charge on any atom is -0.330 e. The van der Waals surface area contributed by atoms with Crippen LogP contribution in [0.15, 0.2) is 22.7 Å². The van der Waals surface area contributed by atoms with Gasteiger partial charge >= 0.3 is 0 Å². The molecule has 4 heteroatoms. The summed E-state index contributed by atoms with van der Waals surface area (Å²) in [4.78, 5) is 2.34. The van der Waals surface area contributed by atoms with Crippen LogP contribution in [0.4, 0.5) is 4.39 Å². The second-order valence-electron chi connectivity index (χ2n) is 4.88. The van der Waals surface area contributed by atoms with Crippen LogP contribution < -0.4 is 5.73 Å². The zero-order chi connectivity index (χ0) is 13.1. The minimum atomic E-state index is -0.123. The molecule has 2 rings (SSSR count). The van der Waals surface area contributed by atoms with Crippen LogP contribution in [-0.4, -0.2) is 24.5 Å². The minimum absolute atomic E-state index is 0.117. The quantitative estimate of drug-likeness (QED) is 0.927. The second-order valence-corrected chi connectivity index (χ2v) is 5.79. The van der Waals surface area contributed by atoms with Gasteiger partial charge in [-0.3, -0.25) is 4.90 Å². The summed E-state index contributed by atoms with van der Waals surface area (Å²) in [7, 11) is 0. The first-order chi connectivity index (χ1) is 8.67. The summed E-state index contributed by atoms with van der Waals surface area (Å²) < 4.78 is 15.0.